The molecule has 0 aromatic heterocycles. The summed E-state index contributed by atoms with van der Waals surface area (Å²) in [6, 6.07) is 2.12. The van der Waals surface area contributed by atoms with E-state index >= 15 is 0 Å². The number of Topliss-reactive ketones (excluding diaryl/α,β-unsaturated/α-hetero) is 1. The van der Waals surface area contributed by atoms with Gasteiger partial charge in [-0.15, -0.1) is 0 Å². The van der Waals surface area contributed by atoms with Crippen molar-refractivity contribution in [2.24, 2.45) is 5.92 Å². The Bertz CT molecular complexity index is 414. The van der Waals surface area contributed by atoms with Gasteiger partial charge in [0.05, 0.1) is 6.61 Å². The third-order valence-corrected chi connectivity index (χ3v) is 2.35. The lowest BCUT2D eigenvalue weighted by molar-refractivity contribution is 0.101. The van der Waals surface area contributed by atoms with Gasteiger partial charge in [-0.3, -0.25) is 4.79 Å². The second kappa shape index (κ2) is 5.75. The third kappa shape index (κ3) is 3.80. The molecule has 0 fully saturated rings. The van der Waals surface area contributed by atoms with Gasteiger partial charge in [-0.2, -0.15) is 4.39 Å². The van der Waals surface area contributed by atoms with Crippen LogP contribution in [0.4, 0.5) is 8.78 Å². The lowest BCUT2D eigenvalue weighted by atomic mass is 10.1. The molecular weight excluding hydrogens is 226 g/mol. The van der Waals surface area contributed by atoms with Crippen LogP contribution in [-0.4, -0.2) is 12.4 Å². The molecule has 0 N–H and O–H groups in total. The van der Waals surface area contributed by atoms with Crippen LogP contribution in [0.5, 0.6) is 5.75 Å². The Kier molecular flexibility index (Phi) is 4.61. The monoisotopic (exact) mass is 242 g/mol. The molecule has 0 bridgehead atoms. The molecule has 17 heavy (non-hydrogen) atoms. The van der Waals surface area contributed by atoms with Crippen LogP contribution in [0.3, 0.4) is 0 Å². The lowest BCUT2D eigenvalue weighted by Gasteiger charge is -2.10. The van der Waals surface area contributed by atoms with Crippen LogP contribution in [0, 0.1) is 17.6 Å². The highest BCUT2D eigenvalue weighted by Crippen LogP contribution is 2.23. The van der Waals surface area contributed by atoms with Crippen molar-refractivity contribution in [1.82, 2.24) is 0 Å². The quantitative estimate of drug-likeness (QED) is 0.737. The topological polar surface area (TPSA) is 26.3 Å². The lowest BCUT2D eigenvalue weighted by Crippen LogP contribution is -2.05. The summed E-state index contributed by atoms with van der Waals surface area (Å²) in [6.07, 6.45) is 0.741. The summed E-state index contributed by atoms with van der Waals surface area (Å²) < 4.78 is 31.7. The summed E-state index contributed by atoms with van der Waals surface area (Å²) in [5.41, 5.74) is 0.114. The summed E-state index contributed by atoms with van der Waals surface area (Å²) in [7, 11) is 0. The van der Waals surface area contributed by atoms with Crippen molar-refractivity contribution in [3.05, 3.63) is 29.3 Å². The molecule has 4 heteroatoms. The molecule has 0 saturated carbocycles. The van der Waals surface area contributed by atoms with Gasteiger partial charge >= 0.3 is 0 Å². The summed E-state index contributed by atoms with van der Waals surface area (Å²) in [5.74, 6) is -2.21. The fraction of sp³-hybridized carbons (Fsp3) is 0.462. The number of halogens is 2. The first kappa shape index (κ1) is 13.6. The second-order valence-corrected chi connectivity index (χ2v) is 4.36. The smallest absolute Gasteiger partial charge is 0.200 e. The molecule has 0 aliphatic heterocycles. The molecule has 0 saturated heterocycles. The number of ether oxygens (including phenoxy) is 1. The predicted molar refractivity (Wildman–Crippen MR) is 61.3 cm³/mol. The first-order valence-corrected chi connectivity index (χ1v) is 5.54. The summed E-state index contributed by atoms with van der Waals surface area (Å²) in [5, 5.41) is 0. The maximum absolute atomic E-state index is 13.4. The Hall–Kier alpha value is -1.45. The van der Waals surface area contributed by atoms with Crippen molar-refractivity contribution in [3.63, 3.8) is 0 Å². The zero-order valence-electron chi connectivity index (χ0n) is 10.2. The molecule has 1 aromatic rings. The fourth-order valence-electron chi connectivity index (χ4n) is 1.28. The van der Waals surface area contributed by atoms with E-state index < -0.39 is 11.6 Å². The minimum absolute atomic E-state index is 0.114. The number of carbonyl (C=O) groups is 1. The average Bonchev–Trinajstić information content (AvgIpc) is 2.23. The molecule has 0 heterocycles. The molecule has 1 rings (SSSR count). The standard InChI is InChI=1S/C13H16F2O2/c1-8(2)4-5-17-12-7-10(9(3)16)6-11(14)13(12)15/h6-8H,4-5H2,1-3H3. The number of hydrogen-bond donors (Lipinski definition) is 0. The zero-order valence-corrected chi connectivity index (χ0v) is 10.2. The van der Waals surface area contributed by atoms with E-state index in [0.29, 0.717) is 12.5 Å². The van der Waals surface area contributed by atoms with Crippen LogP contribution in [0.2, 0.25) is 0 Å². The van der Waals surface area contributed by atoms with Crippen molar-refractivity contribution >= 4 is 5.78 Å². The highest BCUT2D eigenvalue weighted by atomic mass is 19.2. The van der Waals surface area contributed by atoms with Crippen LogP contribution in [0.1, 0.15) is 37.6 Å². The Labute approximate surface area is 99.6 Å². The van der Waals surface area contributed by atoms with Gasteiger partial charge < -0.3 is 4.74 Å². The molecule has 0 radical (unpaired) electrons. The Balaban J connectivity index is 2.86. The van der Waals surface area contributed by atoms with E-state index in [4.69, 9.17) is 4.74 Å². The Morgan fingerprint density at radius 3 is 2.53 bits per heavy atom. The van der Waals surface area contributed by atoms with Gasteiger partial charge in [0.15, 0.2) is 17.3 Å². The zero-order chi connectivity index (χ0) is 13.0. The second-order valence-electron chi connectivity index (χ2n) is 4.36. The van der Waals surface area contributed by atoms with Crippen molar-refractivity contribution in [1.29, 1.82) is 0 Å². The molecule has 0 spiro atoms. The number of benzene rings is 1. The maximum atomic E-state index is 13.4. The van der Waals surface area contributed by atoms with Crippen LogP contribution in [-0.2, 0) is 0 Å². The van der Waals surface area contributed by atoms with E-state index in [2.05, 4.69) is 0 Å². The van der Waals surface area contributed by atoms with E-state index in [-0.39, 0.29) is 17.1 Å². The normalized spacial score (nSPS) is 10.7. The molecule has 0 amide bonds. The van der Waals surface area contributed by atoms with E-state index in [1.54, 1.807) is 0 Å². The molecule has 2 nitrogen and oxygen atoms in total. The van der Waals surface area contributed by atoms with Gasteiger partial charge in [0.25, 0.3) is 0 Å². The predicted octanol–water partition coefficient (Wildman–Crippen LogP) is 3.59. The van der Waals surface area contributed by atoms with E-state index in [1.165, 1.54) is 13.0 Å². The van der Waals surface area contributed by atoms with Crippen molar-refractivity contribution < 1.29 is 18.3 Å². The number of carbonyl (C=O) groups excluding carboxylic acids is 1. The van der Waals surface area contributed by atoms with Crippen LogP contribution in [0.25, 0.3) is 0 Å². The van der Waals surface area contributed by atoms with Gasteiger partial charge in [0.1, 0.15) is 0 Å². The van der Waals surface area contributed by atoms with E-state index in [1.807, 2.05) is 13.8 Å². The SMILES string of the molecule is CC(=O)c1cc(F)c(F)c(OCCC(C)C)c1. The highest BCUT2D eigenvalue weighted by molar-refractivity contribution is 5.94. The van der Waals surface area contributed by atoms with Crippen LogP contribution >= 0.6 is 0 Å². The van der Waals surface area contributed by atoms with Crippen LogP contribution in [0.15, 0.2) is 12.1 Å². The van der Waals surface area contributed by atoms with Crippen molar-refractivity contribution in [2.45, 2.75) is 27.2 Å². The minimum atomic E-state index is -1.06. The van der Waals surface area contributed by atoms with Crippen molar-refractivity contribution in [2.75, 3.05) is 6.61 Å². The number of rotatable bonds is 5. The van der Waals surface area contributed by atoms with E-state index in [9.17, 15) is 13.6 Å². The number of hydrogen-bond acceptors (Lipinski definition) is 2. The average molecular weight is 242 g/mol. The van der Waals surface area contributed by atoms with Gasteiger partial charge in [0, 0.05) is 5.56 Å². The largest absolute Gasteiger partial charge is 0.490 e. The molecule has 0 aliphatic rings. The van der Waals surface area contributed by atoms with Gasteiger partial charge in [0.2, 0.25) is 5.82 Å². The molecule has 0 atom stereocenters. The van der Waals surface area contributed by atoms with Crippen LogP contribution < -0.4 is 4.74 Å². The first-order valence-electron chi connectivity index (χ1n) is 5.54. The molecule has 0 aliphatic carbocycles. The number of ketones is 1. The molecular formula is C13H16F2O2. The van der Waals surface area contributed by atoms with Gasteiger partial charge in [-0.1, -0.05) is 13.8 Å². The Morgan fingerprint density at radius 2 is 2.00 bits per heavy atom. The molecule has 1 aromatic carbocycles. The first-order chi connectivity index (χ1) is 7.91. The minimum Gasteiger partial charge on any atom is -0.490 e. The van der Waals surface area contributed by atoms with Gasteiger partial charge in [-0.05, 0) is 31.4 Å². The molecule has 0 unspecified atom stereocenters. The van der Waals surface area contributed by atoms with Crippen molar-refractivity contribution in [3.8, 4) is 5.75 Å². The summed E-state index contributed by atoms with van der Waals surface area (Å²) >= 11 is 0. The van der Waals surface area contributed by atoms with Gasteiger partial charge in [-0.25, -0.2) is 4.39 Å². The maximum Gasteiger partial charge on any atom is 0.200 e. The van der Waals surface area contributed by atoms with E-state index in [0.717, 1.165) is 12.5 Å². The fourth-order valence-corrected chi connectivity index (χ4v) is 1.28. The molecule has 94 valence electrons. The summed E-state index contributed by atoms with van der Waals surface area (Å²) in [6.45, 7) is 5.61. The highest BCUT2D eigenvalue weighted by Gasteiger charge is 2.14. The summed E-state index contributed by atoms with van der Waals surface area (Å²) in [4.78, 5) is 11.1. The Morgan fingerprint density at radius 1 is 1.35 bits per heavy atom. The third-order valence-electron chi connectivity index (χ3n) is 2.35.